The lowest BCUT2D eigenvalue weighted by Gasteiger charge is -2.36. The average Bonchev–Trinajstić information content (AvgIpc) is 2.87. The highest BCUT2D eigenvalue weighted by Gasteiger charge is 2.30. The Labute approximate surface area is 235 Å². The van der Waals surface area contributed by atoms with Gasteiger partial charge in [-0.05, 0) is 57.2 Å². The number of carbonyl (C=O) groups is 2. The maximum absolute atomic E-state index is 13.4. The zero-order chi connectivity index (χ0) is 28.9. The number of likely N-dealkylation sites (N-methyl/N-ethyl adjacent to an activating group) is 1. The normalized spacial score (nSPS) is 20.9. The van der Waals surface area contributed by atoms with Crippen LogP contribution in [0.25, 0.3) is 0 Å². The number of benzene rings is 2. The molecule has 0 spiro atoms. The maximum Gasteiger partial charge on any atom is 0.317 e. The third kappa shape index (κ3) is 7.77. The third-order valence-electron chi connectivity index (χ3n) is 6.50. The molecule has 0 radical (unpaired) electrons. The number of methoxy groups -OCH3 is 1. The lowest BCUT2D eigenvalue weighted by molar-refractivity contribution is 0.0165. The molecule has 12 heteroatoms. The molecule has 0 aromatic heterocycles. The Kier molecular flexibility index (Phi) is 10.1. The smallest absolute Gasteiger partial charge is 0.317 e. The quantitative estimate of drug-likeness (QED) is 0.551. The second kappa shape index (κ2) is 12.9. The van der Waals surface area contributed by atoms with Gasteiger partial charge in [-0.2, -0.15) is 0 Å². The van der Waals surface area contributed by atoms with Gasteiger partial charge >= 0.3 is 6.03 Å². The fourth-order valence-electron chi connectivity index (χ4n) is 4.28. The van der Waals surface area contributed by atoms with E-state index < -0.39 is 10.0 Å². The van der Waals surface area contributed by atoms with Crippen LogP contribution >= 0.6 is 11.6 Å². The predicted octanol–water partition coefficient (Wildman–Crippen LogP) is 4.06. The average molecular weight is 581 g/mol. The zero-order valence-electron chi connectivity index (χ0n) is 23.1. The molecule has 1 aliphatic heterocycles. The standard InChI is InChI=1S/C27H37ClN4O6S/c1-17(2)29-27(34)32-14-18(3)25(37-6)15-31(5)26(33)23-12-9-21(13-24(23)38-16-19(32)4)30-39(35,36)22-10-7-20(28)8-11-22/h7-13,17-19,25,30H,14-16H2,1-6H3,(H,29,34)/t18-,19-,25+/m0/s1. The number of hydrogen-bond acceptors (Lipinski definition) is 6. The predicted molar refractivity (Wildman–Crippen MR) is 151 cm³/mol. The first kappa shape index (κ1) is 30.5. The van der Waals surface area contributed by atoms with Gasteiger partial charge in [0.15, 0.2) is 0 Å². The van der Waals surface area contributed by atoms with Crippen molar-refractivity contribution in [2.45, 2.75) is 50.8 Å². The van der Waals surface area contributed by atoms with Crippen molar-refractivity contribution >= 4 is 39.2 Å². The van der Waals surface area contributed by atoms with Crippen molar-refractivity contribution in [3.8, 4) is 5.75 Å². The Morgan fingerprint density at radius 2 is 1.79 bits per heavy atom. The molecular weight excluding hydrogens is 544 g/mol. The Hall–Kier alpha value is -3.02. The molecule has 10 nitrogen and oxygen atoms in total. The van der Waals surface area contributed by atoms with Gasteiger partial charge in [-0.25, -0.2) is 13.2 Å². The molecule has 1 aliphatic rings. The Bertz CT molecular complexity index is 1270. The van der Waals surface area contributed by atoms with Gasteiger partial charge in [-0.1, -0.05) is 18.5 Å². The van der Waals surface area contributed by atoms with Crippen LogP contribution in [0.15, 0.2) is 47.4 Å². The van der Waals surface area contributed by atoms with E-state index >= 15 is 0 Å². The fourth-order valence-corrected chi connectivity index (χ4v) is 5.45. The minimum Gasteiger partial charge on any atom is -0.491 e. The first-order chi connectivity index (χ1) is 18.3. The molecule has 2 N–H and O–H groups in total. The first-order valence-electron chi connectivity index (χ1n) is 12.7. The SMILES string of the molecule is CO[C@@H]1CN(C)C(=O)c2ccc(NS(=O)(=O)c3ccc(Cl)cc3)cc2OC[C@H](C)N(C(=O)NC(C)C)C[C@@H]1C. The number of hydrogen-bond donors (Lipinski definition) is 2. The number of amides is 3. The summed E-state index contributed by atoms with van der Waals surface area (Å²) in [5, 5.41) is 3.36. The highest BCUT2D eigenvalue weighted by molar-refractivity contribution is 7.92. The lowest BCUT2D eigenvalue weighted by atomic mass is 10.0. The van der Waals surface area contributed by atoms with Crippen LogP contribution in [-0.2, 0) is 14.8 Å². The van der Waals surface area contributed by atoms with Crippen LogP contribution in [0.2, 0.25) is 5.02 Å². The summed E-state index contributed by atoms with van der Waals surface area (Å²) in [5.74, 6) is -0.176. The van der Waals surface area contributed by atoms with Crippen LogP contribution in [0.5, 0.6) is 5.75 Å². The summed E-state index contributed by atoms with van der Waals surface area (Å²) in [5.41, 5.74) is 0.483. The molecule has 3 rings (SSSR count). The summed E-state index contributed by atoms with van der Waals surface area (Å²) in [4.78, 5) is 29.8. The minimum absolute atomic E-state index is 0.0385. The molecule has 214 valence electrons. The van der Waals surface area contributed by atoms with Crippen molar-refractivity contribution in [1.82, 2.24) is 15.1 Å². The van der Waals surface area contributed by atoms with Gasteiger partial charge in [0.2, 0.25) is 0 Å². The number of fused-ring (bicyclic) bond motifs is 1. The van der Waals surface area contributed by atoms with Crippen molar-refractivity contribution in [2.75, 3.05) is 38.6 Å². The summed E-state index contributed by atoms with van der Waals surface area (Å²) in [7, 11) is -0.664. The van der Waals surface area contributed by atoms with E-state index in [1.165, 1.54) is 47.4 Å². The van der Waals surface area contributed by atoms with E-state index in [0.717, 1.165) is 0 Å². The highest BCUT2D eigenvalue weighted by atomic mass is 35.5. The molecule has 3 amide bonds. The maximum atomic E-state index is 13.4. The topological polar surface area (TPSA) is 117 Å². The van der Waals surface area contributed by atoms with E-state index in [0.29, 0.717) is 11.6 Å². The second-order valence-corrected chi connectivity index (χ2v) is 12.2. The van der Waals surface area contributed by atoms with Crippen molar-refractivity contribution in [1.29, 1.82) is 0 Å². The van der Waals surface area contributed by atoms with E-state index in [1.54, 1.807) is 19.1 Å². The first-order valence-corrected chi connectivity index (χ1v) is 14.6. The number of anilines is 1. The number of sulfonamides is 1. The summed E-state index contributed by atoms with van der Waals surface area (Å²) in [6, 6.07) is 9.65. The number of nitrogens with zero attached hydrogens (tertiary/aromatic N) is 2. The number of ether oxygens (including phenoxy) is 2. The number of nitrogens with one attached hydrogen (secondary N) is 2. The highest BCUT2D eigenvalue weighted by Crippen LogP contribution is 2.28. The van der Waals surface area contributed by atoms with Crippen molar-refractivity contribution in [3.05, 3.63) is 53.1 Å². The Morgan fingerprint density at radius 1 is 1.13 bits per heavy atom. The van der Waals surface area contributed by atoms with Crippen molar-refractivity contribution < 1.29 is 27.5 Å². The third-order valence-corrected chi connectivity index (χ3v) is 8.15. The largest absolute Gasteiger partial charge is 0.491 e. The molecule has 0 unspecified atom stereocenters. The molecule has 0 saturated heterocycles. The van der Waals surface area contributed by atoms with Gasteiger partial charge in [0.25, 0.3) is 15.9 Å². The number of rotatable bonds is 5. The molecule has 0 aliphatic carbocycles. The van der Waals surface area contributed by atoms with E-state index in [2.05, 4.69) is 10.0 Å². The van der Waals surface area contributed by atoms with E-state index in [9.17, 15) is 18.0 Å². The molecular formula is C27H37ClN4O6S. The summed E-state index contributed by atoms with van der Waals surface area (Å²) >= 11 is 5.89. The molecule has 2 aromatic rings. The summed E-state index contributed by atoms with van der Waals surface area (Å²) in [6.07, 6.45) is -0.324. The molecule has 3 atom stereocenters. The van der Waals surface area contributed by atoms with Crippen LogP contribution in [0.3, 0.4) is 0 Å². The molecule has 2 aromatic carbocycles. The Morgan fingerprint density at radius 3 is 2.41 bits per heavy atom. The number of urea groups is 1. The molecule has 0 saturated carbocycles. The molecule has 0 fully saturated rings. The van der Waals surface area contributed by atoms with Crippen LogP contribution in [0.1, 0.15) is 38.1 Å². The molecule has 0 bridgehead atoms. The van der Waals surface area contributed by atoms with Gasteiger partial charge < -0.3 is 24.6 Å². The van der Waals surface area contributed by atoms with Crippen molar-refractivity contribution in [2.24, 2.45) is 5.92 Å². The van der Waals surface area contributed by atoms with Crippen LogP contribution in [0, 0.1) is 5.92 Å². The van der Waals surface area contributed by atoms with Gasteiger partial charge in [0.05, 0.1) is 28.3 Å². The molecule has 39 heavy (non-hydrogen) atoms. The van der Waals surface area contributed by atoms with Gasteiger partial charge in [0.1, 0.15) is 12.4 Å². The fraction of sp³-hybridized carbons (Fsp3) is 0.481. The van der Waals surface area contributed by atoms with E-state index in [4.69, 9.17) is 21.1 Å². The lowest BCUT2D eigenvalue weighted by Crippen LogP contribution is -2.52. The van der Waals surface area contributed by atoms with Crippen molar-refractivity contribution in [3.63, 3.8) is 0 Å². The van der Waals surface area contributed by atoms with Crippen LogP contribution in [0.4, 0.5) is 10.5 Å². The van der Waals surface area contributed by atoms with Gasteiger partial charge in [-0.3, -0.25) is 9.52 Å². The minimum atomic E-state index is -3.92. The van der Waals surface area contributed by atoms with Gasteiger partial charge in [-0.15, -0.1) is 0 Å². The number of carbonyl (C=O) groups excluding carboxylic acids is 2. The monoisotopic (exact) mass is 580 g/mol. The molecule has 1 heterocycles. The second-order valence-electron chi connectivity index (χ2n) is 10.1. The van der Waals surface area contributed by atoms with Crippen LogP contribution < -0.4 is 14.8 Å². The van der Waals surface area contributed by atoms with Crippen LogP contribution in [-0.4, -0.2) is 82.2 Å². The van der Waals surface area contributed by atoms with Gasteiger partial charge in [0, 0.05) is 50.3 Å². The Balaban J connectivity index is 1.97. The summed E-state index contributed by atoms with van der Waals surface area (Å²) in [6.45, 7) is 8.37. The summed E-state index contributed by atoms with van der Waals surface area (Å²) < 4.78 is 40.2. The van der Waals surface area contributed by atoms with E-state index in [-0.39, 0.29) is 71.1 Å². The zero-order valence-corrected chi connectivity index (χ0v) is 24.7. The van der Waals surface area contributed by atoms with E-state index in [1.807, 2.05) is 27.7 Å². The number of halogens is 1.